The predicted molar refractivity (Wildman–Crippen MR) is 40.6 cm³/mol. The van der Waals surface area contributed by atoms with E-state index in [-0.39, 0.29) is 5.91 Å². The minimum atomic E-state index is -0.370. The number of amides is 1. The van der Waals surface area contributed by atoms with Gasteiger partial charge in [-0.2, -0.15) is 0 Å². The van der Waals surface area contributed by atoms with Crippen molar-refractivity contribution < 1.29 is 4.79 Å². The Bertz CT molecular complexity index is 255. The Kier molecular flexibility index (Phi) is 2.18. The summed E-state index contributed by atoms with van der Waals surface area (Å²) in [5.74, 6) is 4.53. The van der Waals surface area contributed by atoms with E-state index >= 15 is 0 Å². The van der Waals surface area contributed by atoms with Crippen LogP contribution in [-0.4, -0.2) is 10.9 Å². The van der Waals surface area contributed by atoms with Crippen molar-refractivity contribution in [3.63, 3.8) is 0 Å². The van der Waals surface area contributed by atoms with Crippen molar-refractivity contribution in [2.75, 3.05) is 0 Å². The maximum Gasteiger partial charge on any atom is 0.283 e. The largest absolute Gasteiger partial charge is 0.289 e. The Morgan fingerprint density at radius 1 is 1.64 bits per heavy atom. The van der Waals surface area contributed by atoms with Crippen LogP contribution in [0.1, 0.15) is 16.1 Å². The SMILES string of the molecule is Cc1ccc(C(=O)NN)nc1. The second-order valence-corrected chi connectivity index (χ2v) is 2.19. The fraction of sp³-hybridized carbons (Fsp3) is 0.143. The first kappa shape index (κ1) is 7.68. The summed E-state index contributed by atoms with van der Waals surface area (Å²) in [6.45, 7) is 1.90. The van der Waals surface area contributed by atoms with Gasteiger partial charge in [-0.1, -0.05) is 6.07 Å². The summed E-state index contributed by atoms with van der Waals surface area (Å²) in [6.07, 6.45) is 1.62. The van der Waals surface area contributed by atoms with Crippen molar-refractivity contribution in [3.05, 3.63) is 29.6 Å². The van der Waals surface area contributed by atoms with Gasteiger partial charge in [-0.25, -0.2) is 5.84 Å². The zero-order chi connectivity index (χ0) is 8.27. The smallest absolute Gasteiger partial charge is 0.283 e. The third kappa shape index (κ3) is 1.75. The highest BCUT2D eigenvalue weighted by atomic mass is 16.2. The molecule has 1 heterocycles. The van der Waals surface area contributed by atoms with Gasteiger partial charge in [0.25, 0.3) is 5.91 Å². The van der Waals surface area contributed by atoms with Crippen molar-refractivity contribution in [2.45, 2.75) is 6.92 Å². The number of nitrogen functional groups attached to an aromatic ring is 1. The lowest BCUT2D eigenvalue weighted by Crippen LogP contribution is -2.30. The number of hydrazine groups is 1. The van der Waals surface area contributed by atoms with Gasteiger partial charge in [0.05, 0.1) is 0 Å². The molecule has 1 rings (SSSR count). The van der Waals surface area contributed by atoms with Crippen molar-refractivity contribution in [3.8, 4) is 0 Å². The average Bonchev–Trinajstić information content (AvgIpc) is 2.05. The number of aryl methyl sites for hydroxylation is 1. The van der Waals surface area contributed by atoms with Gasteiger partial charge < -0.3 is 0 Å². The molecule has 0 spiro atoms. The first-order valence-corrected chi connectivity index (χ1v) is 3.17. The molecule has 0 atom stereocenters. The quantitative estimate of drug-likeness (QED) is 0.337. The molecule has 1 aromatic rings. The highest BCUT2D eigenvalue weighted by molar-refractivity contribution is 5.91. The van der Waals surface area contributed by atoms with Crippen molar-refractivity contribution in [1.82, 2.24) is 10.4 Å². The Hall–Kier alpha value is -1.42. The number of aromatic nitrogens is 1. The van der Waals surface area contributed by atoms with E-state index in [9.17, 15) is 4.79 Å². The molecule has 0 radical (unpaired) electrons. The Balaban J connectivity index is 2.90. The third-order valence-corrected chi connectivity index (χ3v) is 1.28. The molecule has 0 aliphatic carbocycles. The average molecular weight is 151 g/mol. The van der Waals surface area contributed by atoms with Crippen LogP contribution < -0.4 is 11.3 Å². The number of rotatable bonds is 1. The summed E-state index contributed by atoms with van der Waals surface area (Å²) in [4.78, 5) is 14.7. The van der Waals surface area contributed by atoms with E-state index in [0.29, 0.717) is 5.69 Å². The van der Waals surface area contributed by atoms with E-state index in [1.807, 2.05) is 12.3 Å². The summed E-state index contributed by atoms with van der Waals surface area (Å²) in [5.41, 5.74) is 3.34. The number of carbonyl (C=O) groups excluding carboxylic acids is 1. The third-order valence-electron chi connectivity index (χ3n) is 1.28. The topological polar surface area (TPSA) is 68.0 Å². The second kappa shape index (κ2) is 3.12. The van der Waals surface area contributed by atoms with E-state index in [4.69, 9.17) is 5.84 Å². The molecule has 11 heavy (non-hydrogen) atoms. The van der Waals surface area contributed by atoms with Crippen LogP contribution in [0.2, 0.25) is 0 Å². The first-order valence-electron chi connectivity index (χ1n) is 3.17. The lowest BCUT2D eigenvalue weighted by atomic mass is 10.3. The molecule has 0 aliphatic rings. The van der Waals surface area contributed by atoms with E-state index in [2.05, 4.69) is 4.98 Å². The van der Waals surface area contributed by atoms with Crippen LogP contribution in [0.4, 0.5) is 0 Å². The highest BCUT2D eigenvalue weighted by Crippen LogP contribution is 1.96. The van der Waals surface area contributed by atoms with Crippen LogP contribution in [-0.2, 0) is 0 Å². The van der Waals surface area contributed by atoms with Gasteiger partial charge in [0.2, 0.25) is 0 Å². The molecule has 4 heteroatoms. The molecular formula is C7H9N3O. The lowest BCUT2D eigenvalue weighted by molar-refractivity contribution is 0.0948. The summed E-state index contributed by atoms with van der Waals surface area (Å²) in [5, 5.41) is 0. The zero-order valence-corrected chi connectivity index (χ0v) is 6.16. The number of nitrogens with one attached hydrogen (secondary N) is 1. The molecule has 0 aromatic carbocycles. The van der Waals surface area contributed by atoms with Gasteiger partial charge in [0.15, 0.2) is 0 Å². The summed E-state index contributed by atoms with van der Waals surface area (Å²) >= 11 is 0. The number of nitrogens with two attached hydrogens (primary N) is 1. The maximum atomic E-state index is 10.8. The van der Waals surface area contributed by atoms with Crippen LogP contribution in [0.25, 0.3) is 0 Å². The highest BCUT2D eigenvalue weighted by Gasteiger charge is 2.02. The number of nitrogens with zero attached hydrogens (tertiary/aromatic N) is 1. The zero-order valence-electron chi connectivity index (χ0n) is 6.16. The fourth-order valence-electron chi connectivity index (χ4n) is 0.676. The van der Waals surface area contributed by atoms with Crippen LogP contribution in [0.15, 0.2) is 18.3 Å². The van der Waals surface area contributed by atoms with E-state index in [1.54, 1.807) is 18.3 Å². The van der Waals surface area contributed by atoms with E-state index < -0.39 is 0 Å². The number of pyridine rings is 1. The van der Waals surface area contributed by atoms with E-state index in [0.717, 1.165) is 5.56 Å². The minimum Gasteiger partial charge on any atom is -0.289 e. The van der Waals surface area contributed by atoms with Gasteiger partial charge in [0.1, 0.15) is 5.69 Å². The Morgan fingerprint density at radius 2 is 2.36 bits per heavy atom. The first-order chi connectivity index (χ1) is 5.24. The molecule has 58 valence electrons. The standard InChI is InChI=1S/C7H9N3O/c1-5-2-3-6(9-4-5)7(11)10-8/h2-4H,8H2,1H3,(H,10,11). The fourth-order valence-corrected chi connectivity index (χ4v) is 0.676. The molecule has 0 saturated heterocycles. The molecule has 0 unspecified atom stereocenters. The normalized spacial score (nSPS) is 9.27. The maximum absolute atomic E-state index is 10.8. The van der Waals surface area contributed by atoms with Gasteiger partial charge >= 0.3 is 0 Å². The predicted octanol–water partition coefficient (Wildman–Crippen LogP) is -0.00648. The summed E-state index contributed by atoms with van der Waals surface area (Å²) < 4.78 is 0. The number of carbonyl (C=O) groups is 1. The monoisotopic (exact) mass is 151 g/mol. The molecular weight excluding hydrogens is 142 g/mol. The molecule has 4 nitrogen and oxygen atoms in total. The molecule has 0 aliphatic heterocycles. The van der Waals surface area contributed by atoms with Gasteiger partial charge in [0, 0.05) is 6.20 Å². The molecule has 1 amide bonds. The summed E-state index contributed by atoms with van der Waals surface area (Å²) in [6, 6.07) is 3.43. The summed E-state index contributed by atoms with van der Waals surface area (Å²) in [7, 11) is 0. The van der Waals surface area contributed by atoms with Gasteiger partial charge in [-0.05, 0) is 18.6 Å². The number of hydrogen-bond acceptors (Lipinski definition) is 3. The Morgan fingerprint density at radius 3 is 2.82 bits per heavy atom. The van der Waals surface area contributed by atoms with Crippen molar-refractivity contribution >= 4 is 5.91 Å². The van der Waals surface area contributed by atoms with Crippen LogP contribution in [0.5, 0.6) is 0 Å². The minimum absolute atomic E-state index is 0.332. The lowest BCUT2D eigenvalue weighted by Gasteiger charge is -1.97. The van der Waals surface area contributed by atoms with Crippen LogP contribution in [0, 0.1) is 6.92 Å². The molecule has 0 bridgehead atoms. The second-order valence-electron chi connectivity index (χ2n) is 2.19. The molecule has 0 saturated carbocycles. The van der Waals surface area contributed by atoms with Crippen LogP contribution >= 0.6 is 0 Å². The number of hydrogen-bond donors (Lipinski definition) is 2. The van der Waals surface area contributed by atoms with Gasteiger partial charge in [-0.3, -0.25) is 15.2 Å². The van der Waals surface area contributed by atoms with Crippen molar-refractivity contribution in [1.29, 1.82) is 0 Å². The van der Waals surface area contributed by atoms with E-state index in [1.165, 1.54) is 0 Å². The molecule has 0 fully saturated rings. The van der Waals surface area contributed by atoms with Gasteiger partial charge in [-0.15, -0.1) is 0 Å². The Labute approximate surface area is 64.4 Å². The molecule has 3 N–H and O–H groups in total. The van der Waals surface area contributed by atoms with Crippen LogP contribution in [0.3, 0.4) is 0 Å². The van der Waals surface area contributed by atoms with Crippen molar-refractivity contribution in [2.24, 2.45) is 5.84 Å². The molecule has 1 aromatic heterocycles.